The third-order valence-corrected chi connectivity index (χ3v) is 7.93. The summed E-state index contributed by atoms with van der Waals surface area (Å²) in [4.78, 5) is 17.2. The number of piperidine rings is 1. The summed E-state index contributed by atoms with van der Waals surface area (Å²) in [6, 6.07) is 11.1. The number of benzene rings is 2. The highest BCUT2D eigenvalue weighted by Crippen LogP contribution is 2.38. The molecule has 0 spiro atoms. The maximum atomic E-state index is 13.3. The molecule has 2 fully saturated rings. The molecule has 1 aliphatic heterocycles. The van der Waals surface area contributed by atoms with Gasteiger partial charge in [0.25, 0.3) is 0 Å². The molecule has 0 aromatic heterocycles. The lowest BCUT2D eigenvalue weighted by atomic mass is 9.85. The summed E-state index contributed by atoms with van der Waals surface area (Å²) in [6.45, 7) is 2.33. The van der Waals surface area contributed by atoms with E-state index in [9.17, 15) is 18.0 Å². The van der Waals surface area contributed by atoms with Crippen LogP contribution in [0.2, 0.25) is 5.02 Å². The van der Waals surface area contributed by atoms with E-state index >= 15 is 0 Å². The van der Waals surface area contributed by atoms with Crippen molar-refractivity contribution >= 4 is 34.6 Å². The molecule has 2 aliphatic rings. The van der Waals surface area contributed by atoms with Crippen LogP contribution in [0.25, 0.3) is 0 Å². The average Bonchev–Trinajstić information content (AvgIpc) is 2.89. The molecule has 4 rings (SSSR count). The van der Waals surface area contributed by atoms with Crippen LogP contribution in [-0.2, 0) is 11.0 Å². The number of anilines is 3. The molecule has 0 bridgehead atoms. The van der Waals surface area contributed by atoms with E-state index in [2.05, 4.69) is 10.2 Å². The minimum atomic E-state index is -4.72. The second kappa shape index (κ2) is 12.0. The van der Waals surface area contributed by atoms with Crippen LogP contribution >= 0.6 is 11.6 Å². The molecule has 1 saturated heterocycles. The highest BCUT2D eigenvalue weighted by molar-refractivity contribution is 6.30. The van der Waals surface area contributed by atoms with Crippen LogP contribution in [-0.4, -0.2) is 53.9 Å². The van der Waals surface area contributed by atoms with Crippen LogP contribution in [0.3, 0.4) is 0 Å². The second-order valence-electron chi connectivity index (χ2n) is 10.3. The molecule has 1 saturated carbocycles. The molecule has 0 radical (unpaired) electrons. The van der Waals surface area contributed by atoms with Gasteiger partial charge in [-0.3, -0.25) is 15.2 Å². The van der Waals surface area contributed by atoms with Gasteiger partial charge < -0.3 is 15.1 Å². The number of rotatable bonds is 7. The molecule has 0 unspecified atom stereocenters. The topological polar surface area (TPSA) is 79.3 Å². The van der Waals surface area contributed by atoms with Crippen LogP contribution in [0.1, 0.15) is 44.1 Å². The monoisotopic (exact) mass is 554 g/mol. The van der Waals surface area contributed by atoms with Gasteiger partial charge in [-0.1, -0.05) is 11.6 Å². The summed E-state index contributed by atoms with van der Waals surface area (Å²) in [6.07, 6.45) is 0.197. The van der Waals surface area contributed by atoms with Crippen LogP contribution in [0.15, 0.2) is 42.5 Å². The molecule has 38 heavy (non-hydrogen) atoms. The Hall–Kier alpha value is -2.69. The van der Waals surface area contributed by atoms with E-state index in [1.807, 2.05) is 36.2 Å². The number of carbonyl (C=O) groups is 1. The van der Waals surface area contributed by atoms with E-state index in [-0.39, 0.29) is 23.6 Å². The molecular formula is C27H34ClF3N4O3. The maximum absolute atomic E-state index is 13.3. The quantitative estimate of drug-likeness (QED) is 0.349. The van der Waals surface area contributed by atoms with Gasteiger partial charge in [0.05, 0.1) is 5.56 Å². The number of hydrogen-bond acceptors (Lipinski definition) is 6. The predicted molar refractivity (Wildman–Crippen MR) is 141 cm³/mol. The predicted octanol–water partition coefficient (Wildman–Crippen LogP) is 6.29. The first-order valence-corrected chi connectivity index (χ1v) is 13.3. The fraction of sp³-hybridized carbons (Fsp3) is 0.519. The zero-order valence-corrected chi connectivity index (χ0v) is 22.0. The minimum Gasteiger partial charge on any atom is -0.382 e. The first-order valence-electron chi connectivity index (χ1n) is 12.9. The van der Waals surface area contributed by atoms with Crippen molar-refractivity contribution in [3.05, 3.63) is 53.1 Å². The first-order chi connectivity index (χ1) is 18.0. The van der Waals surface area contributed by atoms with Gasteiger partial charge in [0.1, 0.15) is 5.69 Å². The zero-order chi connectivity index (χ0) is 27.4. The number of alkyl halides is 3. The van der Waals surface area contributed by atoms with Gasteiger partial charge in [-0.2, -0.15) is 13.2 Å². The Labute approximate surface area is 225 Å². The average molecular weight is 555 g/mol. The number of nitrogens with one attached hydrogen (secondary N) is 1. The van der Waals surface area contributed by atoms with E-state index in [0.717, 1.165) is 69.4 Å². The SMILES string of the molecule is CN(CC1CCC(Nc2ccc(N(O)O)c(C(F)(F)F)c2)CC1)C(=O)C1CCN(c2ccc(Cl)cc2)CC1. The normalized spacial score (nSPS) is 20.8. The lowest BCUT2D eigenvalue weighted by Crippen LogP contribution is -2.43. The third-order valence-electron chi connectivity index (χ3n) is 7.68. The minimum absolute atomic E-state index is 0.00995. The number of amides is 1. The molecule has 0 atom stereocenters. The fourth-order valence-electron chi connectivity index (χ4n) is 5.58. The molecule has 1 aliphatic carbocycles. The highest BCUT2D eigenvalue weighted by Gasteiger charge is 2.36. The van der Waals surface area contributed by atoms with Crippen LogP contribution in [0, 0.1) is 11.8 Å². The van der Waals surface area contributed by atoms with Crippen LogP contribution in [0.4, 0.5) is 30.2 Å². The Morgan fingerprint density at radius 2 is 1.66 bits per heavy atom. The Bertz CT molecular complexity index is 1080. The lowest BCUT2D eigenvalue weighted by molar-refractivity contribution is -0.138. The molecule has 1 heterocycles. The summed E-state index contributed by atoms with van der Waals surface area (Å²) in [5.41, 5.74) is -0.451. The van der Waals surface area contributed by atoms with Crippen molar-refractivity contribution in [2.75, 3.05) is 42.1 Å². The Morgan fingerprint density at radius 1 is 1.03 bits per heavy atom. The van der Waals surface area contributed by atoms with E-state index in [1.165, 1.54) is 6.07 Å². The number of hydrogen-bond donors (Lipinski definition) is 3. The molecule has 3 N–H and O–H groups in total. The Balaban J connectivity index is 1.23. The van der Waals surface area contributed by atoms with Gasteiger partial charge in [-0.15, -0.1) is 5.23 Å². The van der Waals surface area contributed by atoms with Gasteiger partial charge in [0.2, 0.25) is 5.91 Å². The summed E-state index contributed by atoms with van der Waals surface area (Å²) in [5.74, 6) is 0.547. The second-order valence-corrected chi connectivity index (χ2v) is 10.8. The molecule has 11 heteroatoms. The fourth-order valence-corrected chi connectivity index (χ4v) is 5.70. The maximum Gasteiger partial charge on any atom is 0.418 e. The van der Waals surface area contributed by atoms with Crippen molar-refractivity contribution in [1.82, 2.24) is 4.90 Å². The molecule has 7 nitrogen and oxygen atoms in total. The molecule has 2 aromatic carbocycles. The van der Waals surface area contributed by atoms with E-state index in [4.69, 9.17) is 22.0 Å². The number of carbonyl (C=O) groups excluding carboxylic acids is 1. The van der Waals surface area contributed by atoms with Gasteiger partial charge in [0, 0.05) is 55.0 Å². The first kappa shape index (κ1) is 28.3. The van der Waals surface area contributed by atoms with Gasteiger partial charge in [-0.25, -0.2) is 0 Å². The number of nitrogens with zero attached hydrogens (tertiary/aromatic N) is 3. The summed E-state index contributed by atoms with van der Waals surface area (Å²) < 4.78 is 40.0. The molecule has 208 valence electrons. The van der Waals surface area contributed by atoms with Crippen molar-refractivity contribution in [3.8, 4) is 0 Å². The van der Waals surface area contributed by atoms with Gasteiger partial charge in [0.15, 0.2) is 0 Å². The zero-order valence-electron chi connectivity index (χ0n) is 21.3. The van der Waals surface area contributed by atoms with Gasteiger partial charge in [-0.05, 0) is 86.9 Å². The van der Waals surface area contributed by atoms with E-state index in [1.54, 1.807) is 0 Å². The van der Waals surface area contributed by atoms with Crippen molar-refractivity contribution in [2.24, 2.45) is 11.8 Å². The van der Waals surface area contributed by atoms with Crippen molar-refractivity contribution in [1.29, 1.82) is 0 Å². The number of halogens is 4. The molecule has 2 aromatic rings. The summed E-state index contributed by atoms with van der Waals surface area (Å²) in [7, 11) is 1.87. The van der Waals surface area contributed by atoms with Crippen molar-refractivity contribution in [3.63, 3.8) is 0 Å². The standard InChI is InChI=1S/C27H34ClF3N4O3/c1-33(26(36)19-12-14-34(15-13-19)23-9-4-20(28)5-10-23)17-18-2-6-21(7-3-18)32-22-8-11-25(35(37)38)24(16-22)27(29,30)31/h4-5,8-11,16,18-19,21,32,37-38H,2-3,6-7,12-15,17H2,1H3. The van der Waals surface area contributed by atoms with Crippen molar-refractivity contribution < 1.29 is 28.4 Å². The largest absolute Gasteiger partial charge is 0.418 e. The van der Waals surface area contributed by atoms with E-state index in [0.29, 0.717) is 17.5 Å². The molecular weight excluding hydrogens is 521 g/mol. The van der Waals surface area contributed by atoms with Crippen LogP contribution < -0.4 is 15.4 Å². The Kier molecular flexibility index (Phi) is 8.95. The van der Waals surface area contributed by atoms with E-state index < -0.39 is 22.7 Å². The molecule has 1 amide bonds. The summed E-state index contributed by atoms with van der Waals surface area (Å²) in [5, 5.41) is 21.6. The van der Waals surface area contributed by atoms with Gasteiger partial charge >= 0.3 is 6.18 Å². The Morgan fingerprint density at radius 3 is 2.24 bits per heavy atom. The highest BCUT2D eigenvalue weighted by atomic mass is 35.5. The smallest absolute Gasteiger partial charge is 0.382 e. The van der Waals surface area contributed by atoms with Crippen molar-refractivity contribution in [2.45, 2.75) is 50.7 Å². The lowest BCUT2D eigenvalue weighted by Gasteiger charge is -2.36. The van der Waals surface area contributed by atoms with Crippen LogP contribution in [0.5, 0.6) is 0 Å². The summed E-state index contributed by atoms with van der Waals surface area (Å²) >= 11 is 5.98. The third kappa shape index (κ3) is 7.03.